The van der Waals surface area contributed by atoms with Gasteiger partial charge in [-0.25, -0.2) is 0 Å². The maximum absolute atomic E-state index is 9.61. The second-order valence-electron chi connectivity index (χ2n) is 5.46. The van der Waals surface area contributed by atoms with Crippen molar-refractivity contribution < 1.29 is 9.84 Å². The van der Waals surface area contributed by atoms with E-state index in [1.165, 1.54) is 0 Å². The summed E-state index contributed by atoms with van der Waals surface area (Å²) in [6.07, 6.45) is 0.323. The molecule has 1 aromatic carbocycles. The van der Waals surface area contributed by atoms with E-state index in [1.54, 1.807) is 0 Å². The number of ether oxygens (including phenoxy) is 1. The van der Waals surface area contributed by atoms with E-state index in [0.29, 0.717) is 18.9 Å². The average molecular weight is 265 g/mol. The lowest BCUT2D eigenvalue weighted by molar-refractivity contribution is 0.103. The van der Waals surface area contributed by atoms with Crippen LogP contribution < -0.4 is 10.1 Å². The quantitative estimate of drug-likeness (QED) is 0.759. The number of hydrogen-bond donors (Lipinski definition) is 2. The maximum atomic E-state index is 9.61. The van der Waals surface area contributed by atoms with Crippen LogP contribution in [0.3, 0.4) is 0 Å². The van der Waals surface area contributed by atoms with Gasteiger partial charge in [-0.15, -0.1) is 0 Å². The van der Waals surface area contributed by atoms with Gasteiger partial charge in [-0.3, -0.25) is 0 Å². The molecule has 1 aromatic rings. The molecule has 0 aliphatic rings. The van der Waals surface area contributed by atoms with Crippen molar-refractivity contribution in [3.8, 4) is 5.75 Å². The number of benzene rings is 1. The fourth-order valence-corrected chi connectivity index (χ4v) is 1.85. The van der Waals surface area contributed by atoms with Gasteiger partial charge in [-0.1, -0.05) is 39.0 Å². The van der Waals surface area contributed by atoms with Crippen molar-refractivity contribution in [1.82, 2.24) is 5.32 Å². The number of nitrogens with one attached hydrogen (secondary N) is 1. The molecule has 3 nitrogen and oxygen atoms in total. The molecule has 0 saturated heterocycles. The van der Waals surface area contributed by atoms with Gasteiger partial charge in [0.25, 0.3) is 0 Å². The maximum Gasteiger partial charge on any atom is 0.126 e. The summed E-state index contributed by atoms with van der Waals surface area (Å²) in [5, 5.41) is 13.0. The number of aliphatic hydroxyl groups excluding tert-OH is 1. The van der Waals surface area contributed by atoms with Gasteiger partial charge in [0.2, 0.25) is 0 Å². The van der Waals surface area contributed by atoms with Crippen LogP contribution in [0.25, 0.3) is 0 Å². The monoisotopic (exact) mass is 265 g/mol. The van der Waals surface area contributed by atoms with Gasteiger partial charge in [-0.05, 0) is 31.4 Å². The van der Waals surface area contributed by atoms with E-state index in [2.05, 4.69) is 25.2 Å². The van der Waals surface area contributed by atoms with Crippen molar-refractivity contribution in [2.24, 2.45) is 5.92 Å². The fourth-order valence-electron chi connectivity index (χ4n) is 1.85. The Morgan fingerprint density at radius 2 is 2.05 bits per heavy atom. The minimum atomic E-state index is -0.393. The van der Waals surface area contributed by atoms with Gasteiger partial charge >= 0.3 is 0 Å². The third-order valence-electron chi connectivity index (χ3n) is 3.05. The van der Waals surface area contributed by atoms with Crippen LogP contribution in [0.1, 0.15) is 38.3 Å². The number of hydrogen-bond acceptors (Lipinski definition) is 3. The molecular formula is C16H27NO2. The van der Waals surface area contributed by atoms with Crippen LogP contribution in [-0.2, 0) is 6.54 Å². The molecule has 0 heterocycles. The Morgan fingerprint density at radius 1 is 1.32 bits per heavy atom. The molecule has 1 atom stereocenters. The molecule has 0 bridgehead atoms. The Hall–Kier alpha value is -1.06. The van der Waals surface area contributed by atoms with Crippen LogP contribution in [0.5, 0.6) is 5.75 Å². The van der Waals surface area contributed by atoms with Crippen molar-refractivity contribution in [2.75, 3.05) is 13.2 Å². The normalized spacial score (nSPS) is 12.7. The van der Waals surface area contributed by atoms with Crippen molar-refractivity contribution in [2.45, 2.75) is 46.8 Å². The van der Waals surface area contributed by atoms with E-state index in [9.17, 15) is 5.11 Å². The average Bonchev–Trinajstić information content (AvgIpc) is 2.37. The molecule has 0 aliphatic carbocycles. The van der Waals surface area contributed by atoms with Crippen LogP contribution in [0.4, 0.5) is 0 Å². The molecule has 0 aliphatic heterocycles. The standard InChI is InChI=1S/C16H27NO2/c1-5-15(18)11-19-16-13(4)7-6-8-14(16)10-17-9-12(2)3/h6-8,12,15,17-18H,5,9-11H2,1-4H3. The van der Waals surface area contributed by atoms with E-state index in [0.717, 1.165) is 30.0 Å². The summed E-state index contributed by atoms with van der Waals surface area (Å²) in [6.45, 7) is 10.5. The summed E-state index contributed by atoms with van der Waals surface area (Å²) in [5.41, 5.74) is 2.27. The zero-order valence-electron chi connectivity index (χ0n) is 12.6. The zero-order valence-corrected chi connectivity index (χ0v) is 12.6. The highest BCUT2D eigenvalue weighted by Gasteiger charge is 2.09. The van der Waals surface area contributed by atoms with Crippen LogP contribution in [0.15, 0.2) is 18.2 Å². The first-order chi connectivity index (χ1) is 9.04. The highest BCUT2D eigenvalue weighted by molar-refractivity contribution is 5.40. The molecule has 19 heavy (non-hydrogen) atoms. The summed E-state index contributed by atoms with van der Waals surface area (Å²) in [6, 6.07) is 6.17. The van der Waals surface area contributed by atoms with E-state index in [-0.39, 0.29) is 0 Å². The van der Waals surface area contributed by atoms with Gasteiger partial charge in [0.1, 0.15) is 12.4 Å². The molecule has 0 amide bonds. The van der Waals surface area contributed by atoms with Gasteiger partial charge in [0, 0.05) is 12.1 Å². The predicted octanol–water partition coefficient (Wildman–Crippen LogP) is 2.89. The van der Waals surface area contributed by atoms with Crippen molar-refractivity contribution in [1.29, 1.82) is 0 Å². The molecule has 2 N–H and O–H groups in total. The number of aryl methyl sites for hydroxylation is 1. The molecular weight excluding hydrogens is 238 g/mol. The molecule has 1 unspecified atom stereocenters. The molecule has 1 rings (SSSR count). The smallest absolute Gasteiger partial charge is 0.126 e. The van der Waals surface area contributed by atoms with E-state index in [4.69, 9.17) is 4.74 Å². The molecule has 0 radical (unpaired) electrons. The molecule has 3 heteroatoms. The third kappa shape index (κ3) is 5.62. The Kier molecular flexibility index (Phi) is 6.89. The van der Waals surface area contributed by atoms with E-state index >= 15 is 0 Å². The van der Waals surface area contributed by atoms with Gasteiger partial charge in [0.05, 0.1) is 6.10 Å². The van der Waals surface area contributed by atoms with Crippen LogP contribution in [0, 0.1) is 12.8 Å². The highest BCUT2D eigenvalue weighted by atomic mass is 16.5. The number of para-hydroxylation sites is 1. The lowest BCUT2D eigenvalue weighted by Gasteiger charge is -2.17. The Bertz CT molecular complexity index is 377. The number of aliphatic hydroxyl groups is 1. The molecule has 0 saturated carbocycles. The second-order valence-corrected chi connectivity index (χ2v) is 5.46. The summed E-state index contributed by atoms with van der Waals surface area (Å²) in [7, 11) is 0. The lowest BCUT2D eigenvalue weighted by atomic mass is 10.1. The number of rotatable bonds is 8. The summed E-state index contributed by atoms with van der Waals surface area (Å²) < 4.78 is 5.79. The Balaban J connectivity index is 2.66. The first-order valence-corrected chi connectivity index (χ1v) is 7.14. The highest BCUT2D eigenvalue weighted by Crippen LogP contribution is 2.23. The second kappa shape index (κ2) is 8.18. The zero-order chi connectivity index (χ0) is 14.3. The van der Waals surface area contributed by atoms with Gasteiger partial charge in [0.15, 0.2) is 0 Å². The summed E-state index contributed by atoms with van der Waals surface area (Å²) in [4.78, 5) is 0. The lowest BCUT2D eigenvalue weighted by Crippen LogP contribution is -2.21. The van der Waals surface area contributed by atoms with Gasteiger partial charge < -0.3 is 15.2 Å². The van der Waals surface area contributed by atoms with E-state index < -0.39 is 6.10 Å². The fraction of sp³-hybridized carbons (Fsp3) is 0.625. The SMILES string of the molecule is CCC(O)COc1c(C)cccc1CNCC(C)C. The summed E-state index contributed by atoms with van der Waals surface area (Å²) >= 11 is 0. The van der Waals surface area contributed by atoms with Crippen LogP contribution in [-0.4, -0.2) is 24.4 Å². The largest absolute Gasteiger partial charge is 0.490 e. The topological polar surface area (TPSA) is 41.5 Å². The van der Waals surface area contributed by atoms with Gasteiger partial charge in [-0.2, -0.15) is 0 Å². The first-order valence-electron chi connectivity index (χ1n) is 7.14. The van der Waals surface area contributed by atoms with Crippen LogP contribution >= 0.6 is 0 Å². The van der Waals surface area contributed by atoms with E-state index in [1.807, 2.05) is 26.0 Å². The van der Waals surface area contributed by atoms with Crippen molar-refractivity contribution in [3.63, 3.8) is 0 Å². The van der Waals surface area contributed by atoms with Crippen molar-refractivity contribution >= 4 is 0 Å². The molecule has 0 aromatic heterocycles. The minimum absolute atomic E-state index is 0.360. The first kappa shape index (κ1) is 16.0. The minimum Gasteiger partial charge on any atom is -0.490 e. The van der Waals surface area contributed by atoms with Crippen molar-refractivity contribution in [3.05, 3.63) is 29.3 Å². The third-order valence-corrected chi connectivity index (χ3v) is 3.05. The Labute approximate surface area is 117 Å². The molecule has 0 fully saturated rings. The predicted molar refractivity (Wildman–Crippen MR) is 79.5 cm³/mol. The molecule has 108 valence electrons. The molecule has 0 spiro atoms. The summed E-state index contributed by atoms with van der Waals surface area (Å²) in [5.74, 6) is 1.54. The Morgan fingerprint density at radius 3 is 2.68 bits per heavy atom. The van der Waals surface area contributed by atoms with Crippen LogP contribution in [0.2, 0.25) is 0 Å².